The van der Waals surface area contributed by atoms with Crippen LogP contribution in [-0.2, 0) is 11.2 Å². The third-order valence-corrected chi connectivity index (χ3v) is 6.12. The molecule has 7 nitrogen and oxygen atoms in total. The molecule has 7 heteroatoms. The molecule has 0 aromatic carbocycles. The van der Waals surface area contributed by atoms with Crippen LogP contribution in [0.25, 0.3) is 6.08 Å². The van der Waals surface area contributed by atoms with E-state index in [9.17, 15) is 4.79 Å². The Morgan fingerprint density at radius 3 is 2.79 bits per heavy atom. The Balaban J connectivity index is 1.48. The minimum Gasteiger partial charge on any atom is -0.359 e. The summed E-state index contributed by atoms with van der Waals surface area (Å²) in [5, 5.41) is 4.20. The molecular formula is C22H26N6O. The molecule has 2 aliphatic heterocycles. The van der Waals surface area contributed by atoms with Gasteiger partial charge in [-0.05, 0) is 75.2 Å². The van der Waals surface area contributed by atoms with Gasteiger partial charge in [0.25, 0.3) is 5.91 Å². The van der Waals surface area contributed by atoms with Crippen LogP contribution < -0.4 is 5.43 Å². The van der Waals surface area contributed by atoms with E-state index in [0.717, 1.165) is 18.7 Å². The second-order valence-electron chi connectivity index (χ2n) is 8.18. The Labute approximate surface area is 170 Å². The topological polar surface area (TPSA) is 86.3 Å². The molecular weight excluding hydrogens is 364 g/mol. The van der Waals surface area contributed by atoms with Gasteiger partial charge in [-0.15, -0.1) is 0 Å². The summed E-state index contributed by atoms with van der Waals surface area (Å²) in [6.45, 7) is 5.70. The van der Waals surface area contributed by atoms with Crippen LogP contribution in [0.2, 0.25) is 0 Å². The average Bonchev–Trinajstić information content (AvgIpc) is 3.16. The van der Waals surface area contributed by atoms with Crippen LogP contribution in [-0.4, -0.2) is 51.1 Å². The number of aromatic amines is 1. The Morgan fingerprint density at radius 2 is 2.07 bits per heavy atom. The summed E-state index contributed by atoms with van der Waals surface area (Å²) >= 11 is 0. The standard InChI is InChI=1S/C22H26N6O/c1-14-16(6-11-28-9-2-3-10-28)20(15-4-5-15)18(25-14)12-17-21(26-27-22(17)29)19-13-23-7-8-24-19/h7-8,12-13,15,25H,2-6,9-11H2,1H3,(H,27,29)/b17-12+. The van der Waals surface area contributed by atoms with Crippen molar-refractivity contribution in [2.24, 2.45) is 5.10 Å². The third kappa shape index (κ3) is 3.62. The van der Waals surface area contributed by atoms with Crippen molar-refractivity contribution in [3.8, 4) is 0 Å². The number of rotatable bonds is 6. The first-order valence-electron chi connectivity index (χ1n) is 10.5. The number of carbonyl (C=O) groups excluding carboxylic acids is 1. The number of aromatic nitrogens is 3. The quantitative estimate of drug-likeness (QED) is 0.742. The van der Waals surface area contributed by atoms with Crippen LogP contribution in [0.1, 0.15) is 59.8 Å². The summed E-state index contributed by atoms with van der Waals surface area (Å²) in [5.41, 5.74) is 9.36. The summed E-state index contributed by atoms with van der Waals surface area (Å²) in [6, 6.07) is 0. The van der Waals surface area contributed by atoms with Gasteiger partial charge in [-0.25, -0.2) is 5.43 Å². The number of amides is 1. The van der Waals surface area contributed by atoms with Crippen LogP contribution >= 0.6 is 0 Å². The molecule has 3 aliphatic rings. The van der Waals surface area contributed by atoms with Gasteiger partial charge >= 0.3 is 0 Å². The smallest absolute Gasteiger partial charge is 0.273 e. The van der Waals surface area contributed by atoms with Crippen molar-refractivity contribution in [3.05, 3.63) is 52.4 Å². The molecule has 4 heterocycles. The molecule has 150 valence electrons. The molecule has 1 saturated heterocycles. The van der Waals surface area contributed by atoms with E-state index in [1.165, 1.54) is 55.6 Å². The Hall–Kier alpha value is -2.80. The van der Waals surface area contributed by atoms with Crippen LogP contribution in [0.15, 0.2) is 29.3 Å². The van der Waals surface area contributed by atoms with Crippen molar-refractivity contribution in [3.63, 3.8) is 0 Å². The number of H-pyrrole nitrogens is 1. The zero-order valence-corrected chi connectivity index (χ0v) is 16.7. The summed E-state index contributed by atoms with van der Waals surface area (Å²) < 4.78 is 0. The lowest BCUT2D eigenvalue weighted by atomic mass is 9.99. The summed E-state index contributed by atoms with van der Waals surface area (Å²) in [7, 11) is 0. The Kier molecular flexibility index (Phi) is 4.75. The number of aryl methyl sites for hydroxylation is 1. The first kappa shape index (κ1) is 18.2. The molecule has 29 heavy (non-hydrogen) atoms. The van der Waals surface area contributed by atoms with Gasteiger partial charge in [0.1, 0.15) is 11.4 Å². The zero-order valence-electron chi connectivity index (χ0n) is 16.7. The third-order valence-electron chi connectivity index (χ3n) is 6.12. The Bertz CT molecular complexity index is 980. The fourth-order valence-corrected chi connectivity index (χ4v) is 4.49. The molecule has 0 atom stereocenters. The van der Waals surface area contributed by atoms with Crippen molar-refractivity contribution in [1.82, 2.24) is 25.3 Å². The van der Waals surface area contributed by atoms with Crippen molar-refractivity contribution >= 4 is 17.7 Å². The highest BCUT2D eigenvalue weighted by Crippen LogP contribution is 2.45. The number of hydrazone groups is 1. The maximum Gasteiger partial charge on any atom is 0.273 e. The van der Waals surface area contributed by atoms with Crippen LogP contribution in [0.4, 0.5) is 0 Å². The van der Waals surface area contributed by atoms with Gasteiger partial charge in [-0.2, -0.15) is 5.10 Å². The van der Waals surface area contributed by atoms with Crippen molar-refractivity contribution in [2.45, 2.75) is 44.9 Å². The molecule has 1 saturated carbocycles. The van der Waals surface area contributed by atoms with Gasteiger partial charge in [-0.1, -0.05) is 0 Å². The minimum atomic E-state index is -0.196. The Morgan fingerprint density at radius 1 is 1.24 bits per heavy atom. The number of likely N-dealkylation sites (tertiary alicyclic amines) is 1. The fourth-order valence-electron chi connectivity index (χ4n) is 4.49. The van der Waals surface area contributed by atoms with E-state index in [-0.39, 0.29) is 5.91 Å². The lowest BCUT2D eigenvalue weighted by molar-refractivity contribution is -0.116. The molecule has 2 aromatic heterocycles. The van der Waals surface area contributed by atoms with E-state index in [1.807, 2.05) is 6.08 Å². The van der Waals surface area contributed by atoms with Crippen molar-refractivity contribution in [2.75, 3.05) is 19.6 Å². The van der Waals surface area contributed by atoms with E-state index in [4.69, 9.17) is 0 Å². The number of hydrogen-bond donors (Lipinski definition) is 2. The molecule has 0 unspecified atom stereocenters. The van der Waals surface area contributed by atoms with Gasteiger partial charge in [0, 0.05) is 30.3 Å². The number of nitrogens with zero attached hydrogens (tertiary/aromatic N) is 4. The highest BCUT2D eigenvalue weighted by atomic mass is 16.2. The summed E-state index contributed by atoms with van der Waals surface area (Å²) in [6.07, 6.45) is 13.0. The second kappa shape index (κ2) is 7.55. The van der Waals surface area contributed by atoms with E-state index >= 15 is 0 Å². The van der Waals surface area contributed by atoms with E-state index < -0.39 is 0 Å². The molecule has 0 bridgehead atoms. The van der Waals surface area contributed by atoms with E-state index in [0.29, 0.717) is 22.9 Å². The molecule has 2 aromatic rings. The maximum atomic E-state index is 12.5. The normalized spacial score (nSPS) is 21.1. The molecule has 1 amide bonds. The molecule has 0 spiro atoms. The van der Waals surface area contributed by atoms with E-state index in [2.05, 4.69) is 37.3 Å². The number of carbonyl (C=O) groups is 1. The number of nitrogens with one attached hydrogen (secondary N) is 2. The first-order chi connectivity index (χ1) is 14.2. The largest absolute Gasteiger partial charge is 0.359 e. The predicted molar refractivity (Wildman–Crippen MR) is 112 cm³/mol. The maximum absolute atomic E-state index is 12.5. The molecule has 5 rings (SSSR count). The highest BCUT2D eigenvalue weighted by Gasteiger charge is 2.32. The van der Waals surface area contributed by atoms with E-state index in [1.54, 1.807) is 18.6 Å². The SMILES string of the molecule is Cc1[nH]c(/C=C2/C(=O)NN=C2c2cnccn2)c(C2CC2)c1CCN1CCCC1. The number of hydrogen-bond acceptors (Lipinski definition) is 5. The monoisotopic (exact) mass is 390 g/mol. The molecule has 2 fully saturated rings. The van der Waals surface area contributed by atoms with Gasteiger partial charge in [0.05, 0.1) is 11.8 Å². The molecule has 2 N–H and O–H groups in total. The van der Waals surface area contributed by atoms with Crippen molar-refractivity contribution < 1.29 is 4.79 Å². The summed E-state index contributed by atoms with van der Waals surface area (Å²) in [4.78, 5) is 27.0. The lowest BCUT2D eigenvalue weighted by Gasteiger charge is -2.15. The average molecular weight is 390 g/mol. The van der Waals surface area contributed by atoms with Crippen LogP contribution in [0.5, 0.6) is 0 Å². The van der Waals surface area contributed by atoms with Crippen molar-refractivity contribution in [1.29, 1.82) is 0 Å². The van der Waals surface area contributed by atoms with Gasteiger partial charge in [0.15, 0.2) is 0 Å². The van der Waals surface area contributed by atoms with Crippen LogP contribution in [0.3, 0.4) is 0 Å². The molecule has 0 radical (unpaired) electrons. The molecule has 1 aliphatic carbocycles. The van der Waals surface area contributed by atoms with Gasteiger partial charge in [0.2, 0.25) is 0 Å². The minimum absolute atomic E-state index is 0.196. The van der Waals surface area contributed by atoms with Crippen LogP contribution in [0, 0.1) is 6.92 Å². The van der Waals surface area contributed by atoms with Gasteiger partial charge < -0.3 is 9.88 Å². The van der Waals surface area contributed by atoms with Gasteiger partial charge in [-0.3, -0.25) is 14.8 Å². The fraction of sp³-hybridized carbons (Fsp3) is 0.455. The highest BCUT2D eigenvalue weighted by molar-refractivity contribution is 6.32. The lowest BCUT2D eigenvalue weighted by Crippen LogP contribution is -2.22. The predicted octanol–water partition coefficient (Wildman–Crippen LogP) is 2.55. The zero-order chi connectivity index (χ0) is 19.8. The second-order valence-corrected chi connectivity index (χ2v) is 8.18. The summed E-state index contributed by atoms with van der Waals surface area (Å²) in [5.74, 6) is 0.403. The first-order valence-corrected chi connectivity index (χ1v) is 10.5.